The van der Waals surface area contributed by atoms with Gasteiger partial charge in [0, 0.05) is 21.0 Å². The molecule has 2 aromatic heterocycles. The van der Waals surface area contributed by atoms with Crippen molar-refractivity contribution in [1.29, 1.82) is 0 Å². The van der Waals surface area contributed by atoms with Crippen molar-refractivity contribution in [3.05, 3.63) is 92.3 Å². The number of amides is 1. The van der Waals surface area contributed by atoms with Crippen LogP contribution in [0.1, 0.15) is 51.2 Å². The number of halogens is 1. The first-order valence-electron chi connectivity index (χ1n) is 11.9. The van der Waals surface area contributed by atoms with Crippen molar-refractivity contribution in [3.8, 4) is 5.00 Å². The van der Waals surface area contributed by atoms with E-state index in [-0.39, 0.29) is 12.3 Å². The number of rotatable bonds is 6. The second-order valence-electron chi connectivity index (χ2n) is 8.94. The molecule has 1 aliphatic rings. The van der Waals surface area contributed by atoms with E-state index in [0.717, 1.165) is 33.2 Å². The van der Waals surface area contributed by atoms with Crippen molar-refractivity contribution in [3.63, 3.8) is 0 Å². The minimum Gasteiger partial charge on any atom is -0.423 e. The quantitative estimate of drug-likeness (QED) is 0.195. The molecule has 2 aromatic carbocycles. The molecule has 192 valence electrons. The van der Waals surface area contributed by atoms with Gasteiger partial charge in [0.05, 0.1) is 18.3 Å². The molecule has 1 aliphatic heterocycles. The van der Waals surface area contributed by atoms with Crippen molar-refractivity contribution in [2.75, 3.05) is 0 Å². The van der Waals surface area contributed by atoms with Crippen molar-refractivity contribution in [1.82, 2.24) is 20.2 Å². The fraction of sp³-hybridized carbons (Fsp3) is 0.192. The van der Waals surface area contributed by atoms with E-state index in [2.05, 4.69) is 34.6 Å². The molecule has 0 aliphatic carbocycles. The molecule has 0 spiro atoms. The number of thiophene rings is 1. The number of hydrazone groups is 1. The fourth-order valence-electron chi connectivity index (χ4n) is 4.29. The molecule has 4 aromatic rings. The summed E-state index contributed by atoms with van der Waals surface area (Å²) in [5.41, 5.74) is 7.41. The van der Waals surface area contributed by atoms with Gasteiger partial charge in [0.25, 0.3) is 0 Å². The molecule has 3 heterocycles. The van der Waals surface area contributed by atoms with Gasteiger partial charge < -0.3 is 10.0 Å². The summed E-state index contributed by atoms with van der Waals surface area (Å²) < 4.78 is 1.99. The number of benzene rings is 2. The second-order valence-corrected chi connectivity index (χ2v) is 10.6. The van der Waals surface area contributed by atoms with Crippen LogP contribution in [0.25, 0.3) is 5.00 Å². The number of hydrogen-bond donors (Lipinski definition) is 3. The van der Waals surface area contributed by atoms with Crippen LogP contribution in [0.15, 0.2) is 58.6 Å². The molecule has 3 N–H and O–H groups in total. The highest BCUT2D eigenvalue weighted by Crippen LogP contribution is 2.39. The van der Waals surface area contributed by atoms with E-state index in [1.165, 1.54) is 11.1 Å². The van der Waals surface area contributed by atoms with Crippen LogP contribution in [0.2, 0.25) is 5.02 Å². The number of hydrogen-bond acceptors (Lipinski definition) is 8. The molecule has 1 atom stereocenters. The summed E-state index contributed by atoms with van der Waals surface area (Å²) in [6.45, 7) is 6.04. The number of aryl methyl sites for hydroxylation is 2. The van der Waals surface area contributed by atoms with Gasteiger partial charge in [-0.05, 0) is 49.5 Å². The largest absolute Gasteiger partial charge is 0.488 e. The maximum Gasteiger partial charge on any atom is 0.488 e. The molecule has 0 bridgehead atoms. The van der Waals surface area contributed by atoms with E-state index in [1.54, 1.807) is 35.6 Å². The Balaban J connectivity index is 1.47. The Bertz CT molecular complexity index is 1560. The van der Waals surface area contributed by atoms with Crippen LogP contribution in [0.3, 0.4) is 0 Å². The van der Waals surface area contributed by atoms with Gasteiger partial charge in [-0.25, -0.2) is 5.43 Å². The van der Waals surface area contributed by atoms with Crippen LogP contribution < -0.4 is 10.9 Å². The third kappa shape index (κ3) is 5.05. The zero-order valence-electron chi connectivity index (χ0n) is 20.9. The molecule has 1 amide bonds. The molecule has 9 nitrogen and oxygen atoms in total. The molecule has 38 heavy (non-hydrogen) atoms. The van der Waals surface area contributed by atoms with Crippen LogP contribution in [0, 0.1) is 20.8 Å². The van der Waals surface area contributed by atoms with Gasteiger partial charge in [0.15, 0.2) is 5.82 Å². The maximum absolute atomic E-state index is 13.0. The fourth-order valence-corrected chi connectivity index (χ4v) is 5.63. The zero-order chi connectivity index (χ0) is 27.0. The van der Waals surface area contributed by atoms with E-state index >= 15 is 0 Å². The van der Waals surface area contributed by atoms with Crippen molar-refractivity contribution >= 4 is 53.4 Å². The summed E-state index contributed by atoms with van der Waals surface area (Å²) in [5.74, 6) is 0.972. The van der Waals surface area contributed by atoms with Gasteiger partial charge in [-0.3, -0.25) is 14.4 Å². The van der Waals surface area contributed by atoms with E-state index in [1.807, 2.05) is 35.8 Å². The molecule has 0 saturated heterocycles. The molecule has 0 saturated carbocycles. The molecule has 0 radical (unpaired) electrons. The van der Waals surface area contributed by atoms with E-state index < -0.39 is 13.2 Å². The van der Waals surface area contributed by atoms with Gasteiger partial charge in [-0.1, -0.05) is 48.0 Å². The minimum atomic E-state index is -1.54. The van der Waals surface area contributed by atoms with Crippen LogP contribution in [0.4, 0.5) is 0 Å². The smallest absolute Gasteiger partial charge is 0.423 e. The summed E-state index contributed by atoms with van der Waals surface area (Å²) in [4.78, 5) is 19.2. The number of carbonyl (C=O) groups is 1. The van der Waals surface area contributed by atoms with Crippen molar-refractivity contribution in [2.24, 2.45) is 10.1 Å². The lowest BCUT2D eigenvalue weighted by Crippen LogP contribution is -2.29. The lowest BCUT2D eigenvalue weighted by molar-refractivity contribution is -0.121. The lowest BCUT2D eigenvalue weighted by atomic mass is 9.80. The predicted molar refractivity (Wildman–Crippen MR) is 150 cm³/mol. The maximum atomic E-state index is 13.0. The molecular weight excluding hydrogens is 523 g/mol. The summed E-state index contributed by atoms with van der Waals surface area (Å²) in [6, 6.07) is 13.4. The Morgan fingerprint density at radius 2 is 1.84 bits per heavy atom. The van der Waals surface area contributed by atoms with Crippen molar-refractivity contribution in [2.45, 2.75) is 33.2 Å². The molecular formula is C26H24BClN6O3S. The standard InChI is InChI=1S/C26H24BClN6O3S/c1-14-15(2)38-26-23(14)24(18-6-10-20(28)11-7-18)30-21(25-33-31-16(3)34(25)26)12-22(35)32-29-13-17-4-8-19(9-5-17)27(36)37/h4-11,13,21,36-37H,12H2,1-3H3,(H,32,35)/b29-13-. The minimum absolute atomic E-state index is 0.00910. The van der Waals surface area contributed by atoms with E-state index in [9.17, 15) is 14.8 Å². The second kappa shape index (κ2) is 10.6. The number of nitrogens with zero attached hydrogens (tertiary/aromatic N) is 5. The number of aliphatic imine (C=N–C) groups is 1. The van der Waals surface area contributed by atoms with Gasteiger partial charge in [0.2, 0.25) is 5.91 Å². The molecule has 5 rings (SSSR count). The highest BCUT2D eigenvalue weighted by molar-refractivity contribution is 7.15. The SMILES string of the molecule is Cc1sc2c(c1C)C(c1ccc(Cl)cc1)=NC(CC(=O)N/N=C\c1ccc(B(O)O)cc1)c1nnc(C)n1-2. The average Bonchev–Trinajstić information content (AvgIpc) is 3.37. The summed E-state index contributed by atoms with van der Waals surface area (Å²) in [7, 11) is -1.54. The Morgan fingerprint density at radius 3 is 2.53 bits per heavy atom. The Labute approximate surface area is 228 Å². The first-order valence-corrected chi connectivity index (χ1v) is 13.1. The van der Waals surface area contributed by atoms with Crippen molar-refractivity contribution < 1.29 is 14.8 Å². The van der Waals surface area contributed by atoms with Crippen LogP contribution in [-0.2, 0) is 4.79 Å². The molecule has 0 fully saturated rings. The molecule has 1 unspecified atom stereocenters. The Hall–Kier alpha value is -3.64. The first kappa shape index (κ1) is 26.0. The molecule has 12 heteroatoms. The normalized spacial score (nSPS) is 14.6. The van der Waals surface area contributed by atoms with Gasteiger partial charge in [0.1, 0.15) is 16.9 Å². The highest BCUT2D eigenvalue weighted by Gasteiger charge is 2.32. The predicted octanol–water partition coefficient (Wildman–Crippen LogP) is 3.02. The average molecular weight is 547 g/mol. The lowest BCUT2D eigenvalue weighted by Gasteiger charge is -2.12. The van der Waals surface area contributed by atoms with Gasteiger partial charge >= 0.3 is 7.12 Å². The van der Waals surface area contributed by atoms with Crippen LogP contribution in [-0.4, -0.2) is 49.8 Å². The van der Waals surface area contributed by atoms with Gasteiger partial charge in [-0.2, -0.15) is 5.10 Å². The Morgan fingerprint density at radius 1 is 1.13 bits per heavy atom. The summed E-state index contributed by atoms with van der Waals surface area (Å²) in [6.07, 6.45) is 1.49. The monoisotopic (exact) mass is 546 g/mol. The number of aromatic nitrogens is 3. The highest BCUT2D eigenvalue weighted by atomic mass is 35.5. The van der Waals surface area contributed by atoms with Gasteiger partial charge in [-0.15, -0.1) is 21.5 Å². The third-order valence-electron chi connectivity index (χ3n) is 6.37. The number of nitrogens with one attached hydrogen (secondary N) is 1. The number of carbonyl (C=O) groups excluding carboxylic acids is 1. The summed E-state index contributed by atoms with van der Waals surface area (Å²) in [5, 5.41) is 32.8. The zero-order valence-corrected chi connectivity index (χ0v) is 22.5. The van der Waals surface area contributed by atoms with Crippen LogP contribution >= 0.6 is 22.9 Å². The first-order chi connectivity index (χ1) is 18.2. The van der Waals surface area contributed by atoms with E-state index in [4.69, 9.17) is 16.6 Å². The van der Waals surface area contributed by atoms with Crippen LogP contribution in [0.5, 0.6) is 0 Å². The topological polar surface area (TPSA) is 125 Å². The van der Waals surface area contributed by atoms with E-state index in [0.29, 0.717) is 21.9 Å². The third-order valence-corrected chi connectivity index (χ3v) is 7.82. The number of fused-ring (bicyclic) bond motifs is 3. The summed E-state index contributed by atoms with van der Waals surface area (Å²) >= 11 is 7.81. The Kier molecular flexibility index (Phi) is 7.26.